The first kappa shape index (κ1) is 15.7. The highest BCUT2D eigenvalue weighted by Gasteiger charge is 2.10. The van der Waals surface area contributed by atoms with Crippen LogP contribution in [0.5, 0.6) is 11.5 Å². The normalized spacial score (nSPS) is 11.3. The monoisotopic (exact) mass is 288 g/mol. The molecule has 0 aliphatic carbocycles. The summed E-state index contributed by atoms with van der Waals surface area (Å²) in [5.74, 6) is 1.25. The molecule has 0 unspecified atom stereocenters. The number of hydrogen-bond acceptors (Lipinski definition) is 5. The van der Waals surface area contributed by atoms with E-state index in [9.17, 15) is 8.42 Å². The Morgan fingerprint density at radius 1 is 1.16 bits per heavy atom. The second kappa shape index (κ2) is 7.32. The van der Waals surface area contributed by atoms with Gasteiger partial charge in [0.1, 0.15) is 0 Å². The van der Waals surface area contributed by atoms with Crippen LogP contribution in [0.2, 0.25) is 0 Å². The number of hydrogen-bond donors (Lipinski definition) is 2. The van der Waals surface area contributed by atoms with Crippen molar-refractivity contribution in [1.29, 1.82) is 0 Å². The van der Waals surface area contributed by atoms with E-state index < -0.39 is 10.0 Å². The third-order valence-electron chi connectivity index (χ3n) is 2.56. The minimum Gasteiger partial charge on any atom is -0.493 e. The Morgan fingerprint density at radius 3 is 2.42 bits per heavy atom. The Morgan fingerprint density at radius 2 is 1.84 bits per heavy atom. The molecule has 1 rings (SSSR count). The van der Waals surface area contributed by atoms with Gasteiger partial charge in [0.2, 0.25) is 10.0 Å². The number of rotatable bonds is 8. The summed E-state index contributed by atoms with van der Waals surface area (Å²) in [6, 6.07) is 5.29. The minimum absolute atomic E-state index is 0.0524. The second-order valence-corrected chi connectivity index (χ2v) is 5.86. The molecule has 0 radical (unpaired) electrons. The third kappa shape index (κ3) is 5.06. The van der Waals surface area contributed by atoms with Gasteiger partial charge in [-0.1, -0.05) is 6.07 Å². The van der Waals surface area contributed by atoms with Crippen molar-refractivity contribution in [3.05, 3.63) is 23.8 Å². The van der Waals surface area contributed by atoms with Crippen LogP contribution in [0.1, 0.15) is 5.56 Å². The zero-order chi connectivity index (χ0) is 14.3. The molecule has 7 heteroatoms. The Hall–Kier alpha value is -1.31. The molecule has 19 heavy (non-hydrogen) atoms. The number of ether oxygens (including phenoxy) is 2. The Labute approximate surface area is 114 Å². The van der Waals surface area contributed by atoms with E-state index in [0.717, 1.165) is 5.56 Å². The van der Waals surface area contributed by atoms with Gasteiger partial charge < -0.3 is 14.8 Å². The van der Waals surface area contributed by atoms with Gasteiger partial charge >= 0.3 is 0 Å². The van der Waals surface area contributed by atoms with E-state index in [0.29, 0.717) is 18.0 Å². The van der Waals surface area contributed by atoms with E-state index in [2.05, 4.69) is 10.0 Å². The molecule has 0 aliphatic heterocycles. The van der Waals surface area contributed by atoms with Crippen LogP contribution >= 0.6 is 0 Å². The topological polar surface area (TPSA) is 76.7 Å². The van der Waals surface area contributed by atoms with Gasteiger partial charge in [-0.15, -0.1) is 0 Å². The molecule has 0 saturated heterocycles. The number of sulfonamides is 1. The molecular formula is C12H20N2O4S. The summed E-state index contributed by atoms with van der Waals surface area (Å²) in [7, 11) is 1.54. The lowest BCUT2D eigenvalue weighted by molar-refractivity contribution is 0.354. The quantitative estimate of drug-likeness (QED) is 0.721. The van der Waals surface area contributed by atoms with Gasteiger partial charge in [0.15, 0.2) is 11.5 Å². The van der Waals surface area contributed by atoms with Crippen LogP contribution in [0, 0.1) is 0 Å². The first-order valence-electron chi connectivity index (χ1n) is 5.85. The van der Waals surface area contributed by atoms with Crippen molar-refractivity contribution in [2.45, 2.75) is 6.54 Å². The Kier molecular flexibility index (Phi) is 6.07. The summed E-state index contributed by atoms with van der Waals surface area (Å²) in [5, 5.41) is 2.80. The molecule has 0 aromatic heterocycles. The highest BCUT2D eigenvalue weighted by Crippen LogP contribution is 2.27. The molecule has 0 aliphatic rings. The molecule has 0 amide bonds. The summed E-state index contributed by atoms with van der Waals surface area (Å²) in [6.07, 6.45) is 0. The molecule has 0 heterocycles. The molecule has 0 atom stereocenters. The summed E-state index contributed by atoms with van der Waals surface area (Å²) >= 11 is 0. The summed E-state index contributed by atoms with van der Waals surface area (Å²) in [6.45, 7) is 0.646. The predicted molar refractivity (Wildman–Crippen MR) is 74.1 cm³/mol. The van der Waals surface area contributed by atoms with Crippen molar-refractivity contribution in [2.24, 2.45) is 0 Å². The van der Waals surface area contributed by atoms with Crippen LogP contribution in [0.25, 0.3) is 0 Å². The van der Waals surface area contributed by atoms with Crippen LogP contribution in [0.15, 0.2) is 18.2 Å². The van der Waals surface area contributed by atoms with Crippen molar-refractivity contribution < 1.29 is 17.9 Å². The van der Waals surface area contributed by atoms with Crippen LogP contribution in [-0.4, -0.2) is 42.0 Å². The van der Waals surface area contributed by atoms with E-state index in [1.165, 1.54) is 0 Å². The fourth-order valence-corrected chi connectivity index (χ4v) is 2.50. The van der Waals surface area contributed by atoms with E-state index in [-0.39, 0.29) is 12.3 Å². The van der Waals surface area contributed by atoms with E-state index >= 15 is 0 Å². The molecule has 0 fully saturated rings. The maximum atomic E-state index is 11.6. The molecule has 108 valence electrons. The van der Waals surface area contributed by atoms with Crippen molar-refractivity contribution in [3.8, 4) is 11.5 Å². The highest BCUT2D eigenvalue weighted by atomic mass is 32.2. The van der Waals surface area contributed by atoms with E-state index in [4.69, 9.17) is 9.47 Å². The molecule has 0 bridgehead atoms. The summed E-state index contributed by atoms with van der Waals surface area (Å²) in [4.78, 5) is 0. The van der Waals surface area contributed by atoms with Crippen LogP contribution in [-0.2, 0) is 16.6 Å². The van der Waals surface area contributed by atoms with Gasteiger partial charge in [-0.25, -0.2) is 13.1 Å². The molecule has 1 aromatic carbocycles. The maximum Gasteiger partial charge on any atom is 0.213 e. The minimum atomic E-state index is -3.26. The lowest BCUT2D eigenvalue weighted by Gasteiger charge is -2.10. The van der Waals surface area contributed by atoms with Gasteiger partial charge in [-0.3, -0.25) is 0 Å². The number of nitrogens with one attached hydrogen (secondary N) is 2. The van der Waals surface area contributed by atoms with Gasteiger partial charge in [0.25, 0.3) is 0 Å². The third-order valence-corrected chi connectivity index (χ3v) is 3.89. The molecule has 1 aromatic rings. The summed E-state index contributed by atoms with van der Waals surface area (Å²) in [5.41, 5.74) is 0.811. The zero-order valence-electron chi connectivity index (χ0n) is 11.4. The van der Waals surface area contributed by atoms with E-state index in [1.54, 1.807) is 39.5 Å². The lowest BCUT2D eigenvalue weighted by atomic mass is 10.2. The molecule has 0 saturated carbocycles. The Bertz CT molecular complexity index is 502. The fourth-order valence-electron chi connectivity index (χ4n) is 1.49. The van der Waals surface area contributed by atoms with Crippen molar-refractivity contribution in [1.82, 2.24) is 10.0 Å². The molecule has 0 spiro atoms. The molecule has 2 N–H and O–H groups in total. The predicted octanol–water partition coefficient (Wildman–Crippen LogP) is 0.343. The maximum absolute atomic E-state index is 11.6. The van der Waals surface area contributed by atoms with Gasteiger partial charge in [-0.2, -0.15) is 0 Å². The number of methoxy groups -OCH3 is 2. The van der Waals surface area contributed by atoms with Crippen molar-refractivity contribution in [3.63, 3.8) is 0 Å². The average Bonchev–Trinajstić information content (AvgIpc) is 2.42. The second-order valence-electron chi connectivity index (χ2n) is 3.93. The van der Waals surface area contributed by atoms with Crippen LogP contribution in [0.3, 0.4) is 0 Å². The highest BCUT2D eigenvalue weighted by molar-refractivity contribution is 7.89. The SMILES string of the molecule is CNCCS(=O)(=O)NCc1ccc(OC)c(OC)c1. The lowest BCUT2D eigenvalue weighted by Crippen LogP contribution is -2.30. The first-order chi connectivity index (χ1) is 9.02. The van der Waals surface area contributed by atoms with Gasteiger partial charge in [-0.05, 0) is 24.7 Å². The summed E-state index contributed by atoms with van der Waals surface area (Å²) < 4.78 is 36.1. The van der Waals surface area contributed by atoms with Crippen LogP contribution < -0.4 is 19.5 Å². The van der Waals surface area contributed by atoms with Crippen molar-refractivity contribution in [2.75, 3.05) is 33.6 Å². The standard InChI is InChI=1S/C12H20N2O4S/c1-13-6-7-19(15,16)14-9-10-4-5-11(17-2)12(8-10)18-3/h4-5,8,13-14H,6-7,9H2,1-3H3. The van der Waals surface area contributed by atoms with Crippen molar-refractivity contribution >= 4 is 10.0 Å². The number of benzene rings is 1. The Balaban J connectivity index is 2.68. The largest absolute Gasteiger partial charge is 0.493 e. The smallest absolute Gasteiger partial charge is 0.213 e. The molecule has 6 nitrogen and oxygen atoms in total. The fraction of sp³-hybridized carbons (Fsp3) is 0.500. The molecular weight excluding hydrogens is 268 g/mol. The first-order valence-corrected chi connectivity index (χ1v) is 7.50. The zero-order valence-corrected chi connectivity index (χ0v) is 12.2. The van der Waals surface area contributed by atoms with Gasteiger partial charge in [0.05, 0.1) is 20.0 Å². The van der Waals surface area contributed by atoms with Crippen LogP contribution in [0.4, 0.5) is 0 Å². The van der Waals surface area contributed by atoms with E-state index in [1.807, 2.05) is 0 Å². The van der Waals surface area contributed by atoms with Gasteiger partial charge in [0, 0.05) is 13.1 Å². The average molecular weight is 288 g/mol.